The normalized spacial score (nSPS) is 10.6. The molecule has 0 bridgehead atoms. The van der Waals surface area contributed by atoms with Crippen molar-refractivity contribution in [3.8, 4) is 5.75 Å². The molecule has 0 unspecified atom stereocenters. The molecule has 0 aliphatic rings. The lowest BCUT2D eigenvalue weighted by Crippen LogP contribution is -2.08. The maximum absolute atomic E-state index is 12.3. The molecule has 0 aromatic heterocycles. The molecule has 0 saturated heterocycles. The van der Waals surface area contributed by atoms with E-state index >= 15 is 0 Å². The van der Waals surface area contributed by atoms with Crippen LogP contribution in [0, 0.1) is 13.8 Å². The van der Waals surface area contributed by atoms with Gasteiger partial charge >= 0.3 is 0 Å². The van der Waals surface area contributed by atoms with Gasteiger partial charge in [-0.25, -0.2) is 0 Å². The van der Waals surface area contributed by atoms with Gasteiger partial charge in [0.15, 0.2) is 5.78 Å². The van der Waals surface area contributed by atoms with Crippen LogP contribution in [0.5, 0.6) is 5.75 Å². The fraction of sp³-hybridized carbons (Fsp3) is 0.533. The van der Waals surface area contributed by atoms with E-state index in [1.165, 1.54) is 0 Å². The zero-order valence-electron chi connectivity index (χ0n) is 11.7. The standard InChI is InChI=1S/C15H20Cl2O2/c1-4-8-19-13-9-10(2)15(17)11(3)14(13)12(18)6-5-7-16/h9H,4-8H2,1-3H3. The number of carbonyl (C=O) groups excluding carboxylic acids is 1. The number of hydrogen-bond donors (Lipinski definition) is 0. The summed E-state index contributed by atoms with van der Waals surface area (Å²) < 4.78 is 5.69. The zero-order valence-corrected chi connectivity index (χ0v) is 13.2. The highest BCUT2D eigenvalue weighted by Gasteiger charge is 2.19. The number of rotatable bonds is 7. The number of benzene rings is 1. The highest BCUT2D eigenvalue weighted by Crippen LogP contribution is 2.33. The van der Waals surface area contributed by atoms with Crippen LogP contribution in [-0.2, 0) is 0 Å². The Morgan fingerprint density at radius 2 is 2.05 bits per heavy atom. The van der Waals surface area contributed by atoms with Crippen molar-refractivity contribution in [3.05, 3.63) is 27.8 Å². The number of Topliss-reactive ketones (excluding diaryl/α,β-unsaturated/α-hetero) is 1. The van der Waals surface area contributed by atoms with Crippen LogP contribution in [0.1, 0.15) is 47.7 Å². The van der Waals surface area contributed by atoms with E-state index < -0.39 is 0 Å². The largest absolute Gasteiger partial charge is 0.493 e. The van der Waals surface area contributed by atoms with Gasteiger partial charge in [-0.2, -0.15) is 0 Å². The van der Waals surface area contributed by atoms with Crippen molar-refractivity contribution in [2.45, 2.75) is 40.0 Å². The maximum Gasteiger partial charge on any atom is 0.166 e. The number of ketones is 1. The van der Waals surface area contributed by atoms with E-state index in [2.05, 4.69) is 0 Å². The molecule has 0 heterocycles. The average Bonchev–Trinajstić information content (AvgIpc) is 2.39. The quantitative estimate of drug-likeness (QED) is 0.526. The highest BCUT2D eigenvalue weighted by atomic mass is 35.5. The molecule has 19 heavy (non-hydrogen) atoms. The van der Waals surface area contributed by atoms with Crippen LogP contribution in [0.3, 0.4) is 0 Å². The molecule has 4 heteroatoms. The van der Waals surface area contributed by atoms with Crippen molar-refractivity contribution in [1.29, 1.82) is 0 Å². The summed E-state index contributed by atoms with van der Waals surface area (Å²) in [6.45, 7) is 6.41. The van der Waals surface area contributed by atoms with Gasteiger partial charge in [0.05, 0.1) is 12.2 Å². The van der Waals surface area contributed by atoms with Crippen molar-refractivity contribution < 1.29 is 9.53 Å². The number of halogens is 2. The predicted molar refractivity (Wildman–Crippen MR) is 81.0 cm³/mol. The molecule has 0 saturated carbocycles. The Morgan fingerprint density at radius 1 is 1.37 bits per heavy atom. The maximum atomic E-state index is 12.3. The zero-order chi connectivity index (χ0) is 14.4. The molecule has 2 nitrogen and oxygen atoms in total. The fourth-order valence-electron chi connectivity index (χ4n) is 1.95. The Hall–Kier alpha value is -0.730. The molecular formula is C15H20Cl2O2. The lowest BCUT2D eigenvalue weighted by molar-refractivity contribution is 0.0977. The summed E-state index contributed by atoms with van der Waals surface area (Å²) in [6, 6.07) is 1.85. The van der Waals surface area contributed by atoms with E-state index in [4.69, 9.17) is 27.9 Å². The lowest BCUT2D eigenvalue weighted by atomic mass is 9.98. The Balaban J connectivity index is 3.17. The molecule has 1 aromatic rings. The topological polar surface area (TPSA) is 26.3 Å². The summed E-state index contributed by atoms with van der Waals surface area (Å²) in [5, 5.41) is 0.637. The van der Waals surface area contributed by atoms with Crippen LogP contribution in [0.2, 0.25) is 5.02 Å². The second-order valence-corrected chi connectivity index (χ2v) is 5.33. The van der Waals surface area contributed by atoms with Gasteiger partial charge < -0.3 is 4.74 Å². The van der Waals surface area contributed by atoms with Crippen LogP contribution in [0.15, 0.2) is 6.07 Å². The smallest absolute Gasteiger partial charge is 0.166 e. The summed E-state index contributed by atoms with van der Waals surface area (Å²) in [4.78, 5) is 12.3. The third-order valence-corrected chi connectivity index (χ3v) is 3.77. The summed E-state index contributed by atoms with van der Waals surface area (Å²) in [7, 11) is 0. The van der Waals surface area contributed by atoms with Crippen LogP contribution in [0.4, 0.5) is 0 Å². The Morgan fingerprint density at radius 3 is 2.63 bits per heavy atom. The molecular weight excluding hydrogens is 283 g/mol. The van der Waals surface area contributed by atoms with Crippen LogP contribution in [0.25, 0.3) is 0 Å². The van der Waals surface area contributed by atoms with Crippen molar-refractivity contribution >= 4 is 29.0 Å². The van der Waals surface area contributed by atoms with E-state index in [9.17, 15) is 4.79 Å². The number of ether oxygens (including phenoxy) is 1. The van der Waals surface area contributed by atoms with Gasteiger partial charge in [-0.05, 0) is 43.9 Å². The Bertz CT molecular complexity index is 456. The lowest BCUT2D eigenvalue weighted by Gasteiger charge is -2.15. The molecule has 106 valence electrons. The van der Waals surface area contributed by atoms with Gasteiger partial charge in [0.1, 0.15) is 5.75 Å². The first-order valence-corrected chi connectivity index (χ1v) is 7.45. The number of carbonyl (C=O) groups is 1. The van der Waals surface area contributed by atoms with Crippen molar-refractivity contribution in [2.75, 3.05) is 12.5 Å². The van der Waals surface area contributed by atoms with E-state index in [0.29, 0.717) is 41.7 Å². The Labute approximate surface area is 125 Å². The van der Waals surface area contributed by atoms with Gasteiger partial charge in [0, 0.05) is 17.3 Å². The van der Waals surface area contributed by atoms with Crippen LogP contribution >= 0.6 is 23.2 Å². The second kappa shape index (κ2) is 7.76. The molecule has 0 radical (unpaired) electrons. The molecule has 0 amide bonds. The average molecular weight is 303 g/mol. The molecule has 0 aliphatic heterocycles. The monoisotopic (exact) mass is 302 g/mol. The third kappa shape index (κ3) is 4.12. The summed E-state index contributed by atoms with van der Waals surface area (Å²) >= 11 is 11.9. The molecule has 0 spiro atoms. The predicted octanol–water partition coefficient (Wildman–Crippen LogP) is 4.95. The fourth-order valence-corrected chi connectivity index (χ4v) is 2.23. The molecule has 1 aromatic carbocycles. The minimum atomic E-state index is 0.0474. The van der Waals surface area contributed by atoms with E-state index in [0.717, 1.165) is 17.5 Å². The van der Waals surface area contributed by atoms with Crippen molar-refractivity contribution in [3.63, 3.8) is 0 Å². The molecule has 0 fully saturated rings. The third-order valence-electron chi connectivity index (χ3n) is 2.92. The van der Waals surface area contributed by atoms with E-state index in [-0.39, 0.29) is 5.78 Å². The number of hydrogen-bond acceptors (Lipinski definition) is 2. The Kier molecular flexibility index (Phi) is 6.67. The first-order chi connectivity index (χ1) is 9.02. The second-order valence-electron chi connectivity index (χ2n) is 4.57. The summed E-state index contributed by atoms with van der Waals surface area (Å²) in [5.41, 5.74) is 2.33. The molecule has 1 rings (SSSR count). The van der Waals surface area contributed by atoms with Crippen molar-refractivity contribution in [2.24, 2.45) is 0 Å². The minimum Gasteiger partial charge on any atom is -0.493 e. The minimum absolute atomic E-state index is 0.0474. The number of aryl methyl sites for hydroxylation is 1. The summed E-state index contributed by atoms with van der Waals surface area (Å²) in [5.74, 6) is 1.17. The number of alkyl halides is 1. The van der Waals surface area contributed by atoms with Gasteiger partial charge in [0.25, 0.3) is 0 Å². The molecule has 0 atom stereocenters. The molecule has 0 N–H and O–H groups in total. The highest BCUT2D eigenvalue weighted by molar-refractivity contribution is 6.32. The van der Waals surface area contributed by atoms with E-state index in [1.54, 1.807) is 0 Å². The SMILES string of the molecule is CCCOc1cc(C)c(Cl)c(C)c1C(=O)CCCCl. The van der Waals surface area contributed by atoms with Gasteiger partial charge in [0.2, 0.25) is 0 Å². The summed E-state index contributed by atoms with van der Waals surface area (Å²) in [6.07, 6.45) is 1.99. The van der Waals surface area contributed by atoms with E-state index in [1.807, 2.05) is 26.8 Å². The first-order valence-electron chi connectivity index (χ1n) is 6.54. The van der Waals surface area contributed by atoms with Crippen molar-refractivity contribution in [1.82, 2.24) is 0 Å². The van der Waals surface area contributed by atoms with Gasteiger partial charge in [-0.15, -0.1) is 11.6 Å². The van der Waals surface area contributed by atoms with Gasteiger partial charge in [-0.1, -0.05) is 18.5 Å². The van der Waals surface area contributed by atoms with Crippen LogP contribution < -0.4 is 4.74 Å². The molecule has 0 aliphatic carbocycles. The van der Waals surface area contributed by atoms with Crippen LogP contribution in [-0.4, -0.2) is 18.3 Å². The first kappa shape index (κ1) is 16.3. The van der Waals surface area contributed by atoms with Gasteiger partial charge in [-0.3, -0.25) is 4.79 Å².